The number of aromatic nitrogens is 1. The fourth-order valence-electron chi connectivity index (χ4n) is 2.70. The van der Waals surface area contributed by atoms with Gasteiger partial charge in [-0.05, 0) is 42.0 Å². The van der Waals surface area contributed by atoms with Crippen molar-refractivity contribution in [2.75, 3.05) is 21.3 Å². The molecule has 0 N–H and O–H groups in total. The number of hydrogen-bond acceptors (Lipinski definition) is 5. The molecule has 0 aliphatic carbocycles. The molecule has 134 valence electrons. The third-order valence-corrected chi connectivity index (χ3v) is 4.15. The molecule has 0 amide bonds. The Labute approximate surface area is 152 Å². The van der Waals surface area contributed by atoms with Crippen LogP contribution >= 0.6 is 0 Å². The Morgan fingerprint density at radius 3 is 1.92 bits per heavy atom. The first-order valence-electron chi connectivity index (χ1n) is 8.15. The van der Waals surface area contributed by atoms with Crippen molar-refractivity contribution in [3.05, 3.63) is 66.6 Å². The molecular formula is C21H21NO4. The van der Waals surface area contributed by atoms with E-state index in [1.54, 1.807) is 21.3 Å². The second-order valence-electron chi connectivity index (χ2n) is 5.71. The normalized spacial score (nSPS) is 10.4. The summed E-state index contributed by atoms with van der Waals surface area (Å²) >= 11 is 0. The van der Waals surface area contributed by atoms with E-state index in [1.165, 1.54) is 0 Å². The molecule has 0 aliphatic heterocycles. The van der Waals surface area contributed by atoms with Gasteiger partial charge in [-0.1, -0.05) is 23.9 Å². The van der Waals surface area contributed by atoms with Gasteiger partial charge < -0.3 is 18.7 Å². The molecule has 0 unspecified atom stereocenters. The Morgan fingerprint density at radius 2 is 1.42 bits per heavy atom. The van der Waals surface area contributed by atoms with Gasteiger partial charge >= 0.3 is 0 Å². The molecule has 0 radical (unpaired) electrons. The van der Waals surface area contributed by atoms with E-state index in [9.17, 15) is 0 Å². The Balaban J connectivity index is 2.09. The monoisotopic (exact) mass is 351 g/mol. The Bertz CT molecular complexity index is 879. The Kier molecular flexibility index (Phi) is 5.27. The van der Waals surface area contributed by atoms with Gasteiger partial charge in [0.15, 0.2) is 5.76 Å². The van der Waals surface area contributed by atoms with Crippen LogP contribution in [0.5, 0.6) is 11.5 Å². The number of rotatable bonds is 7. The van der Waals surface area contributed by atoms with Crippen LogP contribution in [0, 0.1) is 0 Å². The lowest BCUT2D eigenvalue weighted by Gasteiger charge is -2.08. The molecule has 0 fully saturated rings. The van der Waals surface area contributed by atoms with Crippen LogP contribution in [0.1, 0.15) is 5.76 Å². The summed E-state index contributed by atoms with van der Waals surface area (Å²) in [5, 5.41) is 4.30. The van der Waals surface area contributed by atoms with Gasteiger partial charge in [-0.15, -0.1) is 0 Å². The highest BCUT2D eigenvalue weighted by Crippen LogP contribution is 2.36. The highest BCUT2D eigenvalue weighted by Gasteiger charge is 2.20. The third-order valence-electron chi connectivity index (χ3n) is 4.15. The quantitative estimate of drug-likeness (QED) is 0.576. The molecule has 1 heterocycles. The zero-order valence-corrected chi connectivity index (χ0v) is 15.1. The first-order valence-corrected chi connectivity index (χ1v) is 8.15. The van der Waals surface area contributed by atoms with E-state index < -0.39 is 0 Å². The molecule has 26 heavy (non-hydrogen) atoms. The fourth-order valence-corrected chi connectivity index (χ4v) is 2.70. The highest BCUT2D eigenvalue weighted by molar-refractivity contribution is 5.82. The maximum absolute atomic E-state index is 5.64. The van der Waals surface area contributed by atoms with Crippen molar-refractivity contribution >= 4 is 0 Å². The van der Waals surface area contributed by atoms with E-state index in [1.807, 2.05) is 48.5 Å². The summed E-state index contributed by atoms with van der Waals surface area (Å²) < 4.78 is 21.3. The van der Waals surface area contributed by atoms with Gasteiger partial charge in [-0.3, -0.25) is 0 Å². The summed E-state index contributed by atoms with van der Waals surface area (Å²) in [5.74, 6) is 2.89. The van der Waals surface area contributed by atoms with Crippen LogP contribution in [0.15, 0.2) is 65.4 Å². The summed E-state index contributed by atoms with van der Waals surface area (Å²) in [6.07, 6.45) is 0.445. The molecule has 1 aromatic heterocycles. The number of benzene rings is 2. The molecule has 3 rings (SSSR count). The van der Waals surface area contributed by atoms with Crippen LogP contribution in [-0.4, -0.2) is 26.5 Å². The third kappa shape index (κ3) is 3.57. The lowest BCUT2D eigenvalue weighted by molar-refractivity contribution is 0.273. The number of allylic oxidation sites excluding steroid dienone is 1. The molecule has 2 aromatic carbocycles. The predicted octanol–water partition coefficient (Wildman–Crippen LogP) is 4.73. The molecule has 0 saturated carbocycles. The molecule has 3 aromatic rings. The van der Waals surface area contributed by atoms with Crippen LogP contribution < -0.4 is 9.47 Å². The summed E-state index contributed by atoms with van der Waals surface area (Å²) in [5.41, 5.74) is 3.60. The molecule has 0 spiro atoms. The lowest BCUT2D eigenvalue weighted by atomic mass is 9.97. The van der Waals surface area contributed by atoms with E-state index in [0.29, 0.717) is 17.9 Å². The Morgan fingerprint density at radius 1 is 0.885 bits per heavy atom. The number of methoxy groups -OCH3 is 3. The van der Waals surface area contributed by atoms with Gasteiger partial charge in [0.1, 0.15) is 17.2 Å². The molecule has 5 heteroatoms. The summed E-state index contributed by atoms with van der Waals surface area (Å²) in [6.45, 7) is 3.89. The second-order valence-corrected chi connectivity index (χ2v) is 5.71. The summed E-state index contributed by atoms with van der Waals surface area (Å²) in [6, 6.07) is 15.5. The summed E-state index contributed by atoms with van der Waals surface area (Å²) in [7, 11) is 4.88. The van der Waals surface area contributed by atoms with Crippen LogP contribution in [0.2, 0.25) is 0 Å². The molecule has 0 bridgehead atoms. The van der Waals surface area contributed by atoms with Crippen molar-refractivity contribution in [2.45, 2.75) is 6.42 Å². The van der Waals surface area contributed by atoms with Gasteiger partial charge in [0, 0.05) is 5.56 Å². The summed E-state index contributed by atoms with van der Waals surface area (Å²) in [4.78, 5) is 0. The predicted molar refractivity (Wildman–Crippen MR) is 100 cm³/mol. The molecule has 0 atom stereocenters. The first kappa shape index (κ1) is 17.6. The van der Waals surface area contributed by atoms with Crippen LogP contribution in [0.25, 0.3) is 22.4 Å². The number of nitrogens with zero attached hydrogens (tertiary/aromatic N) is 1. The number of hydrogen-bond donors (Lipinski definition) is 0. The van der Waals surface area contributed by atoms with E-state index in [4.69, 9.17) is 18.7 Å². The van der Waals surface area contributed by atoms with Crippen molar-refractivity contribution in [1.82, 2.24) is 5.16 Å². The van der Waals surface area contributed by atoms with Crippen molar-refractivity contribution in [1.29, 1.82) is 0 Å². The standard InChI is InChI=1S/C21H21NO4/c1-14(23-2)13-19-20(15-5-9-17(24-3)10-6-15)21(22-26-19)16-7-11-18(25-4)12-8-16/h5-12H,1,13H2,2-4H3. The average molecular weight is 351 g/mol. The van der Waals surface area contributed by atoms with Crippen LogP contribution in [0.4, 0.5) is 0 Å². The minimum atomic E-state index is 0.445. The van der Waals surface area contributed by atoms with Crippen molar-refractivity contribution in [3.63, 3.8) is 0 Å². The fraction of sp³-hybridized carbons (Fsp3) is 0.190. The largest absolute Gasteiger partial charge is 0.501 e. The molecule has 5 nitrogen and oxygen atoms in total. The molecular weight excluding hydrogens is 330 g/mol. The highest BCUT2D eigenvalue weighted by atomic mass is 16.5. The SMILES string of the molecule is C=C(Cc1onc(-c2ccc(OC)cc2)c1-c1ccc(OC)cc1)OC. The molecule has 0 saturated heterocycles. The lowest BCUT2D eigenvalue weighted by Crippen LogP contribution is -1.93. The minimum absolute atomic E-state index is 0.445. The van der Waals surface area contributed by atoms with E-state index >= 15 is 0 Å². The van der Waals surface area contributed by atoms with Crippen molar-refractivity contribution in [2.24, 2.45) is 0 Å². The van der Waals surface area contributed by atoms with Crippen molar-refractivity contribution in [3.8, 4) is 33.9 Å². The van der Waals surface area contributed by atoms with Gasteiger partial charge in [-0.2, -0.15) is 0 Å². The van der Waals surface area contributed by atoms with Crippen molar-refractivity contribution < 1.29 is 18.7 Å². The molecule has 0 aliphatic rings. The van der Waals surface area contributed by atoms with Gasteiger partial charge in [-0.25, -0.2) is 0 Å². The van der Waals surface area contributed by atoms with Crippen LogP contribution in [-0.2, 0) is 11.2 Å². The first-order chi connectivity index (χ1) is 12.7. The topological polar surface area (TPSA) is 53.7 Å². The van der Waals surface area contributed by atoms with Gasteiger partial charge in [0.05, 0.1) is 39.1 Å². The van der Waals surface area contributed by atoms with Crippen LogP contribution in [0.3, 0.4) is 0 Å². The Hall–Kier alpha value is -3.21. The number of ether oxygens (including phenoxy) is 3. The maximum Gasteiger partial charge on any atom is 0.152 e. The maximum atomic E-state index is 5.64. The van der Waals surface area contributed by atoms with E-state index in [-0.39, 0.29) is 0 Å². The average Bonchev–Trinajstić information content (AvgIpc) is 3.11. The van der Waals surface area contributed by atoms with E-state index in [2.05, 4.69) is 11.7 Å². The van der Waals surface area contributed by atoms with Gasteiger partial charge in [0.2, 0.25) is 0 Å². The zero-order chi connectivity index (χ0) is 18.5. The smallest absolute Gasteiger partial charge is 0.152 e. The van der Waals surface area contributed by atoms with E-state index in [0.717, 1.165) is 33.9 Å². The zero-order valence-electron chi connectivity index (χ0n) is 15.1. The van der Waals surface area contributed by atoms with Gasteiger partial charge in [0.25, 0.3) is 0 Å². The second kappa shape index (κ2) is 7.78. The minimum Gasteiger partial charge on any atom is -0.501 e.